The van der Waals surface area contributed by atoms with Crippen LogP contribution in [0.3, 0.4) is 0 Å². The van der Waals surface area contributed by atoms with Crippen LogP contribution < -0.4 is 5.32 Å². The third-order valence-electron chi connectivity index (χ3n) is 2.32. The Balaban J connectivity index is 1.91. The van der Waals surface area contributed by atoms with E-state index in [2.05, 4.69) is 28.5 Å². The Bertz CT molecular complexity index is 305. The zero-order chi connectivity index (χ0) is 10.7. The van der Waals surface area contributed by atoms with Gasteiger partial charge >= 0.3 is 0 Å². The number of nitrogens with one attached hydrogen (secondary N) is 1. The van der Waals surface area contributed by atoms with Gasteiger partial charge in [-0.05, 0) is 24.5 Å². The Morgan fingerprint density at radius 2 is 2.40 bits per heavy atom. The molecule has 0 spiro atoms. The molecule has 1 aliphatic rings. The Morgan fingerprint density at radius 1 is 1.53 bits per heavy atom. The Kier molecular flexibility index (Phi) is 3.86. The first-order chi connectivity index (χ1) is 7.25. The summed E-state index contributed by atoms with van der Waals surface area (Å²) in [6, 6.07) is 0. The number of aromatic nitrogens is 2. The fraction of sp³-hybridized carbons (Fsp3) is 0.800. The molecule has 1 aromatic heterocycles. The minimum atomic E-state index is 0.552. The molecule has 15 heavy (non-hydrogen) atoms. The second-order valence-corrected chi connectivity index (χ2v) is 6.30. The zero-order valence-corrected chi connectivity index (χ0v) is 10.8. The molecule has 0 radical (unpaired) electrons. The monoisotopic (exact) mass is 243 g/mol. The highest BCUT2D eigenvalue weighted by atomic mass is 32.2. The van der Waals surface area contributed by atoms with E-state index in [-0.39, 0.29) is 0 Å². The third kappa shape index (κ3) is 3.08. The third-order valence-corrected chi connectivity index (χ3v) is 4.38. The van der Waals surface area contributed by atoms with Crippen molar-refractivity contribution < 1.29 is 0 Å². The maximum Gasteiger partial charge on any atom is 0.202 e. The quantitative estimate of drug-likeness (QED) is 0.881. The molecule has 1 N–H and O–H groups in total. The summed E-state index contributed by atoms with van der Waals surface area (Å²) in [5.41, 5.74) is 0. The number of rotatable bonds is 4. The Labute approximate surface area is 99.2 Å². The van der Waals surface area contributed by atoms with Crippen LogP contribution in [-0.2, 0) is 0 Å². The predicted molar refractivity (Wildman–Crippen MR) is 67.7 cm³/mol. The van der Waals surface area contributed by atoms with Gasteiger partial charge in [-0.15, -0.1) is 0 Å². The summed E-state index contributed by atoms with van der Waals surface area (Å²) in [5, 5.41) is 4.85. The van der Waals surface area contributed by atoms with Crippen molar-refractivity contribution in [1.82, 2.24) is 9.36 Å². The molecular weight excluding hydrogens is 226 g/mol. The average Bonchev–Trinajstić information content (AvgIpc) is 2.85. The van der Waals surface area contributed by atoms with Crippen LogP contribution in [0.25, 0.3) is 0 Å². The van der Waals surface area contributed by atoms with E-state index < -0.39 is 0 Å². The lowest BCUT2D eigenvalue weighted by Gasteiger charge is -2.04. The van der Waals surface area contributed by atoms with Gasteiger partial charge in [-0.2, -0.15) is 16.1 Å². The largest absolute Gasteiger partial charge is 0.360 e. The zero-order valence-electron chi connectivity index (χ0n) is 9.19. The van der Waals surface area contributed by atoms with Crippen molar-refractivity contribution in [2.75, 3.05) is 17.6 Å². The van der Waals surface area contributed by atoms with Gasteiger partial charge in [-0.3, -0.25) is 0 Å². The van der Waals surface area contributed by atoms with Crippen molar-refractivity contribution in [3.63, 3.8) is 0 Å². The number of hydrogen-bond acceptors (Lipinski definition) is 5. The summed E-state index contributed by atoms with van der Waals surface area (Å²) >= 11 is 3.48. The Morgan fingerprint density at radius 3 is 3.07 bits per heavy atom. The van der Waals surface area contributed by atoms with Crippen LogP contribution >= 0.6 is 23.3 Å². The molecule has 2 heterocycles. The van der Waals surface area contributed by atoms with Gasteiger partial charge in [0, 0.05) is 18.1 Å². The maximum atomic E-state index is 4.54. The van der Waals surface area contributed by atoms with Gasteiger partial charge in [0.25, 0.3) is 0 Å². The van der Waals surface area contributed by atoms with Crippen LogP contribution in [0.5, 0.6) is 0 Å². The molecule has 1 unspecified atom stereocenters. The van der Waals surface area contributed by atoms with Gasteiger partial charge in [0.15, 0.2) is 5.82 Å². The van der Waals surface area contributed by atoms with Gasteiger partial charge in [0.1, 0.15) is 0 Å². The minimum Gasteiger partial charge on any atom is -0.360 e. The number of thioether (sulfide) groups is 1. The van der Waals surface area contributed by atoms with Crippen molar-refractivity contribution in [1.29, 1.82) is 0 Å². The number of nitrogens with zero attached hydrogens (tertiary/aromatic N) is 2. The molecule has 0 amide bonds. The van der Waals surface area contributed by atoms with Gasteiger partial charge in [0.05, 0.1) is 5.25 Å². The summed E-state index contributed by atoms with van der Waals surface area (Å²) in [4.78, 5) is 4.54. The topological polar surface area (TPSA) is 37.8 Å². The summed E-state index contributed by atoms with van der Waals surface area (Å²) in [6.45, 7) is 5.37. The first-order valence-electron chi connectivity index (χ1n) is 5.45. The molecule has 1 aliphatic heterocycles. The fourth-order valence-corrected chi connectivity index (χ4v) is 3.41. The molecule has 0 saturated carbocycles. The van der Waals surface area contributed by atoms with Crippen LogP contribution in [0.1, 0.15) is 37.8 Å². The van der Waals surface area contributed by atoms with Crippen molar-refractivity contribution in [3.05, 3.63) is 5.82 Å². The van der Waals surface area contributed by atoms with Crippen LogP contribution in [0.15, 0.2) is 0 Å². The number of anilines is 1. The van der Waals surface area contributed by atoms with Crippen molar-refractivity contribution in [2.24, 2.45) is 5.92 Å². The highest BCUT2D eigenvalue weighted by Crippen LogP contribution is 2.39. The van der Waals surface area contributed by atoms with E-state index in [1.54, 1.807) is 0 Å². The van der Waals surface area contributed by atoms with E-state index in [0.29, 0.717) is 11.2 Å². The van der Waals surface area contributed by atoms with Gasteiger partial charge in [-0.1, -0.05) is 13.8 Å². The Hall–Kier alpha value is -0.290. The average molecular weight is 243 g/mol. The lowest BCUT2D eigenvalue weighted by atomic mass is 10.2. The molecule has 0 bridgehead atoms. The molecule has 84 valence electrons. The van der Waals surface area contributed by atoms with E-state index in [1.165, 1.54) is 30.1 Å². The molecule has 0 aromatic carbocycles. The van der Waals surface area contributed by atoms with Crippen molar-refractivity contribution in [2.45, 2.75) is 31.9 Å². The summed E-state index contributed by atoms with van der Waals surface area (Å²) < 4.78 is 4.42. The molecule has 2 rings (SSSR count). The first kappa shape index (κ1) is 11.2. The van der Waals surface area contributed by atoms with Gasteiger partial charge in [0.2, 0.25) is 5.13 Å². The normalized spacial score (nSPS) is 21.1. The maximum absolute atomic E-state index is 4.54. The predicted octanol–water partition coefficient (Wildman–Crippen LogP) is 3.17. The van der Waals surface area contributed by atoms with E-state index >= 15 is 0 Å². The standard InChI is InChI=1S/C10H17N3S2/c1-7(2)6-11-10-12-9(13-15-10)8-4-3-5-14-8/h7-8H,3-6H2,1-2H3,(H,11,12,13). The molecular formula is C10H17N3S2. The van der Waals surface area contributed by atoms with Gasteiger partial charge < -0.3 is 5.32 Å². The van der Waals surface area contributed by atoms with Crippen LogP contribution in [0.4, 0.5) is 5.13 Å². The molecule has 1 saturated heterocycles. The smallest absolute Gasteiger partial charge is 0.202 e. The molecule has 1 aromatic rings. The molecule has 3 nitrogen and oxygen atoms in total. The molecule has 0 aliphatic carbocycles. The summed E-state index contributed by atoms with van der Waals surface area (Å²) in [6.07, 6.45) is 2.55. The van der Waals surface area contributed by atoms with E-state index in [9.17, 15) is 0 Å². The summed E-state index contributed by atoms with van der Waals surface area (Å²) in [5.74, 6) is 2.95. The lowest BCUT2D eigenvalue weighted by Crippen LogP contribution is -2.07. The van der Waals surface area contributed by atoms with Crippen molar-refractivity contribution >= 4 is 28.4 Å². The van der Waals surface area contributed by atoms with Crippen LogP contribution in [0, 0.1) is 5.92 Å². The van der Waals surface area contributed by atoms with Gasteiger partial charge in [-0.25, -0.2) is 4.98 Å². The first-order valence-corrected chi connectivity index (χ1v) is 7.27. The van der Waals surface area contributed by atoms with Crippen LogP contribution in [-0.4, -0.2) is 21.7 Å². The lowest BCUT2D eigenvalue weighted by molar-refractivity contribution is 0.688. The second-order valence-electron chi connectivity index (χ2n) is 4.23. The molecule has 5 heteroatoms. The minimum absolute atomic E-state index is 0.552. The SMILES string of the molecule is CC(C)CNc1nc(C2CCCS2)ns1. The van der Waals surface area contributed by atoms with E-state index in [4.69, 9.17) is 0 Å². The van der Waals surface area contributed by atoms with Crippen LogP contribution in [0.2, 0.25) is 0 Å². The van der Waals surface area contributed by atoms with Crippen molar-refractivity contribution in [3.8, 4) is 0 Å². The molecule has 1 atom stereocenters. The highest BCUT2D eigenvalue weighted by molar-refractivity contribution is 7.99. The molecule has 1 fully saturated rings. The highest BCUT2D eigenvalue weighted by Gasteiger charge is 2.21. The van der Waals surface area contributed by atoms with E-state index in [0.717, 1.165) is 17.5 Å². The number of hydrogen-bond donors (Lipinski definition) is 1. The second kappa shape index (κ2) is 5.16. The fourth-order valence-electron chi connectivity index (χ4n) is 1.51. The summed E-state index contributed by atoms with van der Waals surface area (Å²) in [7, 11) is 0. The van der Waals surface area contributed by atoms with E-state index in [1.807, 2.05) is 11.8 Å².